The Bertz CT molecular complexity index is 288. The maximum absolute atomic E-state index is 11.5. The summed E-state index contributed by atoms with van der Waals surface area (Å²) >= 11 is 0. The molecule has 0 aromatic heterocycles. The van der Waals surface area contributed by atoms with E-state index in [-0.39, 0.29) is 17.5 Å². The number of cyclic esters (lactones) is 1. The molecule has 3 heteroatoms. The lowest BCUT2D eigenvalue weighted by atomic mass is 9.73. The summed E-state index contributed by atoms with van der Waals surface area (Å²) in [6.45, 7) is 5.12. The fraction of sp³-hybridized carbons (Fsp3) is 0.923. The highest BCUT2D eigenvalue weighted by Gasteiger charge is 2.49. The molecule has 16 heavy (non-hydrogen) atoms. The van der Waals surface area contributed by atoms with Crippen molar-refractivity contribution >= 4 is 5.97 Å². The molecular formula is C13H23NO2. The van der Waals surface area contributed by atoms with Crippen molar-refractivity contribution in [3.63, 3.8) is 0 Å². The van der Waals surface area contributed by atoms with E-state index in [0.29, 0.717) is 18.4 Å². The van der Waals surface area contributed by atoms with E-state index in [1.165, 1.54) is 19.3 Å². The van der Waals surface area contributed by atoms with Crippen molar-refractivity contribution in [1.82, 2.24) is 0 Å². The molecule has 1 heterocycles. The van der Waals surface area contributed by atoms with E-state index in [0.717, 1.165) is 12.8 Å². The van der Waals surface area contributed by atoms with E-state index >= 15 is 0 Å². The monoisotopic (exact) mass is 225 g/mol. The first-order valence-electron chi connectivity index (χ1n) is 6.37. The van der Waals surface area contributed by atoms with Crippen LogP contribution in [0, 0.1) is 10.8 Å². The Morgan fingerprint density at radius 1 is 1.31 bits per heavy atom. The first-order valence-corrected chi connectivity index (χ1v) is 6.37. The van der Waals surface area contributed by atoms with Gasteiger partial charge in [0.1, 0.15) is 6.10 Å². The molecule has 92 valence electrons. The Morgan fingerprint density at radius 3 is 2.75 bits per heavy atom. The van der Waals surface area contributed by atoms with Crippen LogP contribution in [0.4, 0.5) is 0 Å². The Morgan fingerprint density at radius 2 is 2.06 bits per heavy atom. The van der Waals surface area contributed by atoms with E-state index < -0.39 is 0 Å². The molecule has 0 radical (unpaired) electrons. The van der Waals surface area contributed by atoms with E-state index in [4.69, 9.17) is 10.5 Å². The molecule has 1 saturated carbocycles. The molecule has 3 nitrogen and oxygen atoms in total. The number of carbonyl (C=O) groups is 1. The van der Waals surface area contributed by atoms with Gasteiger partial charge in [0.05, 0.1) is 6.42 Å². The minimum Gasteiger partial charge on any atom is -0.460 e. The van der Waals surface area contributed by atoms with Crippen molar-refractivity contribution in [2.75, 3.05) is 6.54 Å². The van der Waals surface area contributed by atoms with Crippen molar-refractivity contribution in [2.24, 2.45) is 16.6 Å². The lowest BCUT2D eigenvalue weighted by Crippen LogP contribution is -2.36. The maximum atomic E-state index is 11.5. The number of rotatable bonds is 1. The first kappa shape index (κ1) is 11.9. The van der Waals surface area contributed by atoms with Gasteiger partial charge in [-0.15, -0.1) is 0 Å². The molecule has 0 amide bonds. The number of esters is 1. The summed E-state index contributed by atoms with van der Waals surface area (Å²) in [6.07, 6.45) is 6.37. The van der Waals surface area contributed by atoms with E-state index in [2.05, 4.69) is 13.8 Å². The Hall–Kier alpha value is -0.570. The molecule has 0 aromatic carbocycles. The van der Waals surface area contributed by atoms with Crippen LogP contribution in [0.2, 0.25) is 0 Å². The van der Waals surface area contributed by atoms with Crippen LogP contribution >= 0.6 is 0 Å². The van der Waals surface area contributed by atoms with Crippen molar-refractivity contribution in [2.45, 2.75) is 58.5 Å². The van der Waals surface area contributed by atoms with Crippen molar-refractivity contribution < 1.29 is 9.53 Å². The fourth-order valence-electron chi connectivity index (χ4n) is 3.28. The SMILES string of the molecule is CC1(C)CCCC2(CC1)CC(=O)OC2CN. The second-order valence-corrected chi connectivity index (χ2v) is 6.27. The average Bonchev–Trinajstić information content (AvgIpc) is 2.43. The molecule has 1 aliphatic heterocycles. The standard InChI is InChI=1S/C13H23NO2/c1-12(2)4-3-5-13(7-6-12)8-11(15)16-10(13)9-14/h10H,3-9,14H2,1-2H3. The topological polar surface area (TPSA) is 52.3 Å². The summed E-state index contributed by atoms with van der Waals surface area (Å²) in [5.41, 5.74) is 6.21. The molecule has 2 fully saturated rings. The van der Waals surface area contributed by atoms with Gasteiger partial charge in [-0.3, -0.25) is 4.79 Å². The molecule has 1 spiro atoms. The van der Waals surface area contributed by atoms with Gasteiger partial charge >= 0.3 is 5.97 Å². The molecule has 2 rings (SSSR count). The Kier molecular flexibility index (Phi) is 2.99. The molecule has 1 saturated heterocycles. The van der Waals surface area contributed by atoms with Crippen LogP contribution < -0.4 is 5.73 Å². The zero-order valence-corrected chi connectivity index (χ0v) is 10.4. The van der Waals surface area contributed by atoms with Gasteiger partial charge < -0.3 is 10.5 Å². The third-order valence-electron chi connectivity index (χ3n) is 4.50. The van der Waals surface area contributed by atoms with E-state index in [1.54, 1.807) is 0 Å². The van der Waals surface area contributed by atoms with Crippen LogP contribution in [0.5, 0.6) is 0 Å². The van der Waals surface area contributed by atoms with Crippen LogP contribution in [0.15, 0.2) is 0 Å². The van der Waals surface area contributed by atoms with Gasteiger partial charge in [-0.2, -0.15) is 0 Å². The van der Waals surface area contributed by atoms with Gasteiger partial charge in [0.2, 0.25) is 0 Å². The molecule has 2 N–H and O–H groups in total. The minimum atomic E-state index is -0.0462. The van der Waals surface area contributed by atoms with Gasteiger partial charge in [0.25, 0.3) is 0 Å². The molecule has 2 unspecified atom stereocenters. The van der Waals surface area contributed by atoms with E-state index in [1.807, 2.05) is 0 Å². The van der Waals surface area contributed by atoms with Crippen LogP contribution in [-0.4, -0.2) is 18.6 Å². The van der Waals surface area contributed by atoms with Crippen LogP contribution in [0.1, 0.15) is 52.4 Å². The van der Waals surface area contributed by atoms with Crippen LogP contribution in [0.3, 0.4) is 0 Å². The summed E-state index contributed by atoms with van der Waals surface area (Å²) in [7, 11) is 0. The third-order valence-corrected chi connectivity index (χ3v) is 4.50. The highest BCUT2D eigenvalue weighted by atomic mass is 16.6. The van der Waals surface area contributed by atoms with Crippen molar-refractivity contribution in [3.8, 4) is 0 Å². The number of hydrogen-bond acceptors (Lipinski definition) is 3. The van der Waals surface area contributed by atoms with E-state index in [9.17, 15) is 4.79 Å². The second kappa shape index (κ2) is 4.02. The summed E-state index contributed by atoms with van der Waals surface area (Å²) in [4.78, 5) is 11.5. The van der Waals surface area contributed by atoms with Crippen molar-refractivity contribution in [1.29, 1.82) is 0 Å². The molecule has 2 aliphatic rings. The smallest absolute Gasteiger partial charge is 0.306 e. The van der Waals surface area contributed by atoms with Gasteiger partial charge in [0, 0.05) is 12.0 Å². The number of ether oxygens (including phenoxy) is 1. The predicted octanol–water partition coefficient (Wildman–Crippen LogP) is 2.24. The molecular weight excluding hydrogens is 202 g/mol. The number of hydrogen-bond donors (Lipinski definition) is 1. The largest absolute Gasteiger partial charge is 0.460 e. The van der Waals surface area contributed by atoms with Crippen molar-refractivity contribution in [3.05, 3.63) is 0 Å². The average molecular weight is 225 g/mol. The summed E-state index contributed by atoms with van der Waals surface area (Å²) < 4.78 is 5.36. The summed E-state index contributed by atoms with van der Waals surface area (Å²) in [5, 5.41) is 0. The molecule has 1 aliphatic carbocycles. The first-order chi connectivity index (χ1) is 7.47. The lowest BCUT2D eigenvalue weighted by molar-refractivity contribution is -0.141. The number of carbonyl (C=O) groups excluding carboxylic acids is 1. The van der Waals surface area contributed by atoms with Gasteiger partial charge in [-0.25, -0.2) is 0 Å². The Balaban J connectivity index is 2.15. The molecule has 2 atom stereocenters. The fourth-order valence-corrected chi connectivity index (χ4v) is 3.28. The van der Waals surface area contributed by atoms with Crippen LogP contribution in [-0.2, 0) is 9.53 Å². The van der Waals surface area contributed by atoms with Gasteiger partial charge in [-0.05, 0) is 31.1 Å². The summed E-state index contributed by atoms with van der Waals surface area (Å²) in [5.74, 6) is -0.0462. The van der Waals surface area contributed by atoms with Gasteiger partial charge in [-0.1, -0.05) is 20.3 Å². The summed E-state index contributed by atoms with van der Waals surface area (Å²) in [6, 6.07) is 0. The maximum Gasteiger partial charge on any atom is 0.306 e. The molecule has 0 aromatic rings. The Labute approximate surface area is 97.7 Å². The highest BCUT2D eigenvalue weighted by molar-refractivity contribution is 5.73. The lowest BCUT2D eigenvalue weighted by Gasteiger charge is -2.31. The second-order valence-electron chi connectivity index (χ2n) is 6.27. The third kappa shape index (κ3) is 2.10. The predicted molar refractivity (Wildman–Crippen MR) is 62.9 cm³/mol. The highest BCUT2D eigenvalue weighted by Crippen LogP contribution is 2.49. The van der Waals surface area contributed by atoms with Gasteiger partial charge in [0.15, 0.2) is 0 Å². The quantitative estimate of drug-likeness (QED) is 0.696. The zero-order valence-electron chi connectivity index (χ0n) is 10.4. The zero-order chi connectivity index (χ0) is 11.8. The normalized spacial score (nSPS) is 38.4. The number of nitrogens with two attached hydrogens (primary N) is 1. The van der Waals surface area contributed by atoms with Crippen LogP contribution in [0.25, 0.3) is 0 Å². The molecule has 0 bridgehead atoms. The minimum absolute atomic E-state index is 0.0334.